The Kier molecular flexibility index (Phi) is 9.49. The van der Waals surface area contributed by atoms with Crippen molar-refractivity contribution in [3.05, 3.63) is 65.9 Å². The second-order valence-corrected chi connectivity index (χ2v) is 9.29. The standard InChI is InChI=1S/C31H36N2O5/c1-4-37-29-14-13-23(19-33-29)24-17-28(36-3)31(22-9-7-6-8-10-22)26(25(24)18-30(35)38-5-2)20-32-16-15-27(34)21-11-12-21/h6-10,13-14,17,19,21,32H,4-5,11-12,15-16,18,20H2,1-3H3. The lowest BCUT2D eigenvalue weighted by atomic mass is 9.87. The summed E-state index contributed by atoms with van der Waals surface area (Å²) in [5.41, 5.74) is 5.36. The van der Waals surface area contributed by atoms with Crippen LogP contribution in [0.5, 0.6) is 11.6 Å². The van der Waals surface area contributed by atoms with Crippen molar-refractivity contribution in [2.45, 2.75) is 46.1 Å². The zero-order valence-electron chi connectivity index (χ0n) is 22.4. The molecule has 0 radical (unpaired) electrons. The Morgan fingerprint density at radius 3 is 2.42 bits per heavy atom. The Morgan fingerprint density at radius 1 is 1.00 bits per heavy atom. The van der Waals surface area contributed by atoms with Crippen LogP contribution in [0.3, 0.4) is 0 Å². The first kappa shape index (κ1) is 27.3. The average Bonchev–Trinajstić information content (AvgIpc) is 3.78. The Morgan fingerprint density at radius 2 is 1.79 bits per heavy atom. The molecule has 1 aromatic heterocycles. The van der Waals surface area contributed by atoms with E-state index in [2.05, 4.69) is 10.3 Å². The van der Waals surface area contributed by atoms with Crippen LogP contribution in [0.15, 0.2) is 54.7 Å². The third-order valence-electron chi connectivity index (χ3n) is 6.64. The third-order valence-corrected chi connectivity index (χ3v) is 6.64. The summed E-state index contributed by atoms with van der Waals surface area (Å²) in [5.74, 6) is 1.49. The predicted molar refractivity (Wildman–Crippen MR) is 147 cm³/mol. The van der Waals surface area contributed by atoms with Gasteiger partial charge in [-0.3, -0.25) is 9.59 Å². The molecule has 0 amide bonds. The Labute approximate surface area is 224 Å². The van der Waals surface area contributed by atoms with E-state index in [0.717, 1.165) is 46.2 Å². The molecule has 0 unspecified atom stereocenters. The number of aromatic nitrogens is 1. The van der Waals surface area contributed by atoms with Crippen LogP contribution >= 0.6 is 0 Å². The van der Waals surface area contributed by atoms with Crippen molar-refractivity contribution < 1.29 is 23.8 Å². The van der Waals surface area contributed by atoms with Gasteiger partial charge in [-0.2, -0.15) is 0 Å². The number of pyridine rings is 1. The maximum atomic E-state index is 12.8. The highest BCUT2D eigenvalue weighted by Gasteiger charge is 2.29. The fourth-order valence-corrected chi connectivity index (χ4v) is 4.65. The van der Waals surface area contributed by atoms with Crippen molar-refractivity contribution in [2.24, 2.45) is 5.92 Å². The van der Waals surface area contributed by atoms with Crippen molar-refractivity contribution >= 4 is 11.8 Å². The molecule has 1 N–H and O–H groups in total. The first-order chi connectivity index (χ1) is 18.5. The highest BCUT2D eigenvalue weighted by molar-refractivity contribution is 5.86. The molecule has 0 bridgehead atoms. The van der Waals surface area contributed by atoms with Crippen LogP contribution in [0, 0.1) is 5.92 Å². The number of carbonyl (C=O) groups is 2. The number of Topliss-reactive ketones (excluding diaryl/α,β-unsaturated/α-hetero) is 1. The number of ether oxygens (including phenoxy) is 3. The maximum Gasteiger partial charge on any atom is 0.310 e. The molecule has 1 heterocycles. The molecule has 38 heavy (non-hydrogen) atoms. The van der Waals surface area contributed by atoms with E-state index in [1.54, 1.807) is 20.2 Å². The van der Waals surface area contributed by atoms with Crippen molar-refractivity contribution in [1.29, 1.82) is 0 Å². The molecule has 0 spiro atoms. The van der Waals surface area contributed by atoms with Gasteiger partial charge in [0.1, 0.15) is 11.5 Å². The van der Waals surface area contributed by atoms with Crippen LogP contribution in [0.25, 0.3) is 22.3 Å². The maximum absolute atomic E-state index is 12.8. The number of nitrogens with zero attached hydrogens (tertiary/aromatic N) is 1. The smallest absolute Gasteiger partial charge is 0.310 e. The number of ketones is 1. The first-order valence-corrected chi connectivity index (χ1v) is 13.3. The van der Waals surface area contributed by atoms with Crippen molar-refractivity contribution in [3.63, 3.8) is 0 Å². The van der Waals surface area contributed by atoms with Gasteiger partial charge in [0.15, 0.2) is 0 Å². The van der Waals surface area contributed by atoms with E-state index in [4.69, 9.17) is 14.2 Å². The first-order valence-electron chi connectivity index (χ1n) is 13.3. The minimum Gasteiger partial charge on any atom is -0.496 e. The highest BCUT2D eigenvalue weighted by Crippen LogP contribution is 2.41. The molecule has 1 aliphatic rings. The van der Waals surface area contributed by atoms with E-state index in [9.17, 15) is 9.59 Å². The van der Waals surface area contributed by atoms with E-state index in [0.29, 0.717) is 50.1 Å². The number of hydrogen-bond donors (Lipinski definition) is 1. The molecule has 200 valence electrons. The van der Waals surface area contributed by atoms with E-state index < -0.39 is 0 Å². The minimum absolute atomic E-state index is 0.0955. The van der Waals surface area contributed by atoms with Gasteiger partial charge in [-0.25, -0.2) is 4.98 Å². The van der Waals surface area contributed by atoms with Gasteiger partial charge in [-0.1, -0.05) is 30.3 Å². The van der Waals surface area contributed by atoms with E-state index in [1.165, 1.54) is 0 Å². The molecule has 7 nitrogen and oxygen atoms in total. The molecular weight excluding hydrogens is 480 g/mol. The van der Waals surface area contributed by atoms with Crippen LogP contribution in [-0.2, 0) is 27.3 Å². The second-order valence-electron chi connectivity index (χ2n) is 9.29. The van der Waals surface area contributed by atoms with E-state index >= 15 is 0 Å². The summed E-state index contributed by atoms with van der Waals surface area (Å²) in [6, 6.07) is 15.7. The van der Waals surface area contributed by atoms with Crippen LogP contribution in [0.4, 0.5) is 0 Å². The van der Waals surface area contributed by atoms with Crippen LogP contribution in [0.2, 0.25) is 0 Å². The number of benzene rings is 2. The number of methoxy groups -OCH3 is 1. The molecule has 0 saturated heterocycles. The van der Waals surface area contributed by atoms with Gasteiger partial charge in [0, 0.05) is 48.8 Å². The van der Waals surface area contributed by atoms with E-state index in [-0.39, 0.29) is 18.3 Å². The van der Waals surface area contributed by atoms with Gasteiger partial charge in [0.2, 0.25) is 5.88 Å². The summed E-state index contributed by atoms with van der Waals surface area (Å²) in [5, 5.41) is 3.46. The van der Waals surface area contributed by atoms with Gasteiger partial charge in [-0.15, -0.1) is 0 Å². The van der Waals surface area contributed by atoms with Gasteiger partial charge in [-0.05, 0) is 61.1 Å². The molecule has 2 aromatic carbocycles. The van der Waals surface area contributed by atoms with Crippen molar-refractivity contribution in [3.8, 4) is 33.9 Å². The zero-order valence-corrected chi connectivity index (χ0v) is 22.4. The van der Waals surface area contributed by atoms with Crippen LogP contribution < -0.4 is 14.8 Å². The normalized spacial score (nSPS) is 12.7. The van der Waals surface area contributed by atoms with Crippen LogP contribution in [0.1, 0.15) is 44.2 Å². The Balaban J connectivity index is 1.81. The number of esters is 1. The fraction of sp³-hybridized carbons (Fsp3) is 0.387. The topological polar surface area (TPSA) is 86.8 Å². The second kappa shape index (κ2) is 13.2. The highest BCUT2D eigenvalue weighted by atomic mass is 16.5. The van der Waals surface area contributed by atoms with Crippen LogP contribution in [-0.4, -0.2) is 43.6 Å². The lowest BCUT2D eigenvalue weighted by Gasteiger charge is -2.22. The molecular formula is C31H36N2O5. The molecule has 0 aliphatic heterocycles. The molecule has 3 aromatic rings. The quantitative estimate of drug-likeness (QED) is 0.227. The zero-order chi connectivity index (χ0) is 26.9. The fourth-order valence-electron chi connectivity index (χ4n) is 4.65. The molecule has 1 aliphatic carbocycles. The summed E-state index contributed by atoms with van der Waals surface area (Å²) >= 11 is 0. The monoisotopic (exact) mass is 516 g/mol. The number of nitrogens with one attached hydrogen (secondary N) is 1. The summed E-state index contributed by atoms with van der Waals surface area (Å²) < 4.78 is 16.8. The average molecular weight is 517 g/mol. The van der Waals surface area contributed by atoms with Gasteiger partial charge >= 0.3 is 5.97 Å². The summed E-state index contributed by atoms with van der Waals surface area (Å²) in [6.45, 7) is 5.58. The SMILES string of the molecule is CCOC(=O)Cc1c(-c2ccc(OCC)nc2)cc(OC)c(-c2ccccc2)c1CNCCC(=O)C1CC1. The number of rotatable bonds is 14. The number of hydrogen-bond acceptors (Lipinski definition) is 7. The Bertz CT molecular complexity index is 1240. The van der Waals surface area contributed by atoms with Gasteiger partial charge < -0.3 is 19.5 Å². The minimum atomic E-state index is -0.304. The lowest BCUT2D eigenvalue weighted by Crippen LogP contribution is -2.21. The van der Waals surface area contributed by atoms with E-state index in [1.807, 2.05) is 55.5 Å². The molecule has 7 heteroatoms. The van der Waals surface area contributed by atoms with Gasteiger partial charge in [0.25, 0.3) is 0 Å². The molecule has 1 saturated carbocycles. The predicted octanol–water partition coefficient (Wildman–Crippen LogP) is 5.39. The summed E-state index contributed by atoms with van der Waals surface area (Å²) in [6.07, 6.45) is 4.37. The largest absolute Gasteiger partial charge is 0.496 e. The van der Waals surface area contributed by atoms with Crippen molar-refractivity contribution in [1.82, 2.24) is 10.3 Å². The summed E-state index contributed by atoms with van der Waals surface area (Å²) in [4.78, 5) is 29.6. The third kappa shape index (κ3) is 6.78. The molecule has 0 atom stereocenters. The Hall–Kier alpha value is -3.71. The lowest BCUT2D eigenvalue weighted by molar-refractivity contribution is -0.142. The number of carbonyl (C=O) groups excluding carboxylic acids is 2. The molecule has 1 fully saturated rings. The van der Waals surface area contributed by atoms with Gasteiger partial charge in [0.05, 0.1) is 26.7 Å². The van der Waals surface area contributed by atoms with Crippen molar-refractivity contribution in [2.75, 3.05) is 26.9 Å². The summed E-state index contributed by atoms with van der Waals surface area (Å²) in [7, 11) is 1.65. The molecule has 4 rings (SSSR count).